The van der Waals surface area contributed by atoms with Crippen molar-refractivity contribution < 1.29 is 4.74 Å². The minimum atomic E-state index is 0.0130. The standard InChI is InChI=1S/C13H29NO/c1-7-13(5,6)15-12(4)10-14-9-8-11(2)3/h11-12,14H,7-10H2,1-6H3. The van der Waals surface area contributed by atoms with Crippen LogP contribution in [-0.4, -0.2) is 24.8 Å². The van der Waals surface area contributed by atoms with Gasteiger partial charge in [-0.15, -0.1) is 0 Å². The van der Waals surface area contributed by atoms with Gasteiger partial charge >= 0.3 is 0 Å². The summed E-state index contributed by atoms with van der Waals surface area (Å²) in [7, 11) is 0. The van der Waals surface area contributed by atoms with Crippen LogP contribution < -0.4 is 5.32 Å². The first-order valence-electron chi connectivity index (χ1n) is 6.26. The first kappa shape index (κ1) is 14.9. The lowest BCUT2D eigenvalue weighted by atomic mass is 10.1. The van der Waals surface area contributed by atoms with Gasteiger partial charge in [0.25, 0.3) is 0 Å². The zero-order valence-corrected chi connectivity index (χ0v) is 11.4. The molecule has 0 amide bonds. The Bertz CT molecular complexity index is 155. The first-order valence-corrected chi connectivity index (χ1v) is 6.26. The Morgan fingerprint density at radius 2 is 1.80 bits per heavy atom. The molecule has 15 heavy (non-hydrogen) atoms. The van der Waals surface area contributed by atoms with Gasteiger partial charge in [0.05, 0.1) is 11.7 Å². The summed E-state index contributed by atoms with van der Waals surface area (Å²) in [4.78, 5) is 0. The van der Waals surface area contributed by atoms with Crippen molar-refractivity contribution in [1.82, 2.24) is 5.32 Å². The topological polar surface area (TPSA) is 21.3 Å². The lowest BCUT2D eigenvalue weighted by Gasteiger charge is -2.28. The van der Waals surface area contributed by atoms with Gasteiger partial charge in [0.2, 0.25) is 0 Å². The Morgan fingerprint density at radius 1 is 1.20 bits per heavy atom. The van der Waals surface area contributed by atoms with Crippen LogP contribution in [0.1, 0.15) is 54.4 Å². The summed E-state index contributed by atoms with van der Waals surface area (Å²) in [6.07, 6.45) is 2.60. The van der Waals surface area contributed by atoms with Gasteiger partial charge in [0, 0.05) is 6.54 Å². The lowest BCUT2D eigenvalue weighted by Crippen LogP contribution is -2.35. The molecule has 0 aliphatic carbocycles. The van der Waals surface area contributed by atoms with E-state index in [1.54, 1.807) is 0 Å². The summed E-state index contributed by atoms with van der Waals surface area (Å²) in [6, 6.07) is 0. The molecule has 0 aromatic heterocycles. The fourth-order valence-corrected chi connectivity index (χ4v) is 1.37. The van der Waals surface area contributed by atoms with Crippen molar-refractivity contribution in [2.45, 2.75) is 66.1 Å². The SMILES string of the molecule is CCC(C)(C)OC(C)CNCCC(C)C. The third kappa shape index (κ3) is 8.88. The van der Waals surface area contributed by atoms with Gasteiger partial charge in [0.1, 0.15) is 0 Å². The van der Waals surface area contributed by atoms with E-state index in [1.165, 1.54) is 6.42 Å². The van der Waals surface area contributed by atoms with Crippen LogP contribution in [0.15, 0.2) is 0 Å². The Hall–Kier alpha value is -0.0800. The molecule has 0 aromatic rings. The fourth-order valence-electron chi connectivity index (χ4n) is 1.37. The molecule has 0 radical (unpaired) electrons. The molecule has 0 rings (SSSR count). The highest BCUT2D eigenvalue weighted by Gasteiger charge is 2.18. The first-order chi connectivity index (χ1) is 6.87. The lowest BCUT2D eigenvalue weighted by molar-refractivity contribution is -0.0640. The van der Waals surface area contributed by atoms with Crippen molar-refractivity contribution in [1.29, 1.82) is 0 Å². The van der Waals surface area contributed by atoms with E-state index in [2.05, 4.69) is 46.9 Å². The average molecular weight is 215 g/mol. The van der Waals surface area contributed by atoms with E-state index in [4.69, 9.17) is 4.74 Å². The van der Waals surface area contributed by atoms with E-state index in [0.29, 0.717) is 6.10 Å². The highest BCUT2D eigenvalue weighted by molar-refractivity contribution is 4.69. The molecule has 0 saturated carbocycles. The molecule has 0 aromatic carbocycles. The van der Waals surface area contributed by atoms with E-state index >= 15 is 0 Å². The highest BCUT2D eigenvalue weighted by atomic mass is 16.5. The van der Waals surface area contributed by atoms with Crippen molar-refractivity contribution in [2.75, 3.05) is 13.1 Å². The van der Waals surface area contributed by atoms with Crippen LogP contribution in [0, 0.1) is 5.92 Å². The van der Waals surface area contributed by atoms with E-state index in [0.717, 1.165) is 25.4 Å². The molecular formula is C13H29NO. The molecule has 1 unspecified atom stereocenters. The monoisotopic (exact) mass is 215 g/mol. The molecular weight excluding hydrogens is 186 g/mol. The predicted octanol–water partition coefficient (Wildman–Crippen LogP) is 3.22. The average Bonchev–Trinajstić information content (AvgIpc) is 2.11. The minimum absolute atomic E-state index is 0.0130. The highest BCUT2D eigenvalue weighted by Crippen LogP contribution is 2.15. The summed E-state index contributed by atoms with van der Waals surface area (Å²) >= 11 is 0. The van der Waals surface area contributed by atoms with E-state index in [9.17, 15) is 0 Å². The molecule has 2 heteroatoms. The number of rotatable bonds is 8. The molecule has 1 N–H and O–H groups in total. The van der Waals surface area contributed by atoms with Crippen LogP contribution in [0.2, 0.25) is 0 Å². The van der Waals surface area contributed by atoms with Crippen LogP contribution in [0.5, 0.6) is 0 Å². The normalized spacial score (nSPS) is 14.6. The summed E-state index contributed by atoms with van der Waals surface area (Å²) in [5.74, 6) is 0.779. The van der Waals surface area contributed by atoms with Gasteiger partial charge < -0.3 is 10.1 Å². The maximum Gasteiger partial charge on any atom is 0.0678 e. The summed E-state index contributed by atoms with van der Waals surface area (Å²) < 4.78 is 5.93. The number of hydrogen-bond donors (Lipinski definition) is 1. The predicted molar refractivity (Wildman–Crippen MR) is 67.2 cm³/mol. The van der Waals surface area contributed by atoms with E-state index < -0.39 is 0 Å². The Kier molecular flexibility index (Phi) is 7.20. The van der Waals surface area contributed by atoms with Crippen LogP contribution in [0.25, 0.3) is 0 Å². The van der Waals surface area contributed by atoms with Gasteiger partial charge in [0.15, 0.2) is 0 Å². The van der Waals surface area contributed by atoms with Crippen molar-refractivity contribution in [3.05, 3.63) is 0 Å². The third-order valence-electron chi connectivity index (χ3n) is 2.70. The second-order valence-electron chi connectivity index (χ2n) is 5.43. The van der Waals surface area contributed by atoms with Gasteiger partial charge in [-0.25, -0.2) is 0 Å². The van der Waals surface area contributed by atoms with Crippen molar-refractivity contribution in [2.24, 2.45) is 5.92 Å². The van der Waals surface area contributed by atoms with Crippen LogP contribution >= 0.6 is 0 Å². The minimum Gasteiger partial charge on any atom is -0.371 e. The maximum absolute atomic E-state index is 5.93. The molecule has 92 valence electrons. The van der Waals surface area contributed by atoms with Gasteiger partial charge in [-0.05, 0) is 46.1 Å². The van der Waals surface area contributed by atoms with Crippen LogP contribution in [0.3, 0.4) is 0 Å². The summed E-state index contributed by atoms with van der Waals surface area (Å²) in [6.45, 7) is 15.2. The Morgan fingerprint density at radius 3 is 2.27 bits per heavy atom. The largest absolute Gasteiger partial charge is 0.371 e. The van der Waals surface area contributed by atoms with Crippen molar-refractivity contribution >= 4 is 0 Å². The van der Waals surface area contributed by atoms with Crippen LogP contribution in [-0.2, 0) is 4.74 Å². The molecule has 0 fully saturated rings. The van der Waals surface area contributed by atoms with Crippen LogP contribution in [0.4, 0.5) is 0 Å². The number of hydrogen-bond acceptors (Lipinski definition) is 2. The molecule has 0 spiro atoms. The molecule has 0 bridgehead atoms. The Balaban J connectivity index is 3.53. The summed E-state index contributed by atoms with van der Waals surface area (Å²) in [5, 5.41) is 3.44. The zero-order valence-electron chi connectivity index (χ0n) is 11.4. The zero-order chi connectivity index (χ0) is 11.9. The maximum atomic E-state index is 5.93. The van der Waals surface area contributed by atoms with Gasteiger partial charge in [-0.3, -0.25) is 0 Å². The van der Waals surface area contributed by atoms with Gasteiger partial charge in [-0.2, -0.15) is 0 Å². The second-order valence-corrected chi connectivity index (χ2v) is 5.43. The third-order valence-corrected chi connectivity index (χ3v) is 2.70. The van der Waals surface area contributed by atoms with Gasteiger partial charge in [-0.1, -0.05) is 20.8 Å². The van der Waals surface area contributed by atoms with Crippen molar-refractivity contribution in [3.63, 3.8) is 0 Å². The molecule has 0 saturated heterocycles. The molecule has 2 nitrogen and oxygen atoms in total. The Labute approximate surface area is 95.8 Å². The number of ether oxygens (including phenoxy) is 1. The molecule has 0 aliphatic rings. The van der Waals surface area contributed by atoms with Crippen molar-refractivity contribution in [3.8, 4) is 0 Å². The quantitative estimate of drug-likeness (QED) is 0.628. The summed E-state index contributed by atoms with van der Waals surface area (Å²) in [5.41, 5.74) is 0.0130. The fraction of sp³-hybridized carbons (Fsp3) is 1.00. The smallest absolute Gasteiger partial charge is 0.0678 e. The molecule has 0 aliphatic heterocycles. The van der Waals surface area contributed by atoms with E-state index in [-0.39, 0.29) is 5.60 Å². The molecule has 1 atom stereocenters. The van der Waals surface area contributed by atoms with E-state index in [1.807, 2.05) is 0 Å². The second kappa shape index (κ2) is 7.24. The number of nitrogens with one attached hydrogen (secondary N) is 1. The molecule has 0 heterocycles.